The average molecular weight is 424 g/mol. The maximum atomic E-state index is 13.0. The molecule has 0 radical (unpaired) electrons. The van der Waals surface area contributed by atoms with Gasteiger partial charge in [-0.15, -0.1) is 0 Å². The monoisotopic (exact) mass is 423 g/mol. The lowest BCUT2D eigenvalue weighted by Crippen LogP contribution is -2.45. The molecule has 3 rings (SSSR count). The Kier molecular flexibility index (Phi) is 7.75. The zero-order chi connectivity index (χ0) is 22.3. The third-order valence-electron chi connectivity index (χ3n) is 5.09. The number of hydrogen-bond acceptors (Lipinski definition) is 4. The van der Waals surface area contributed by atoms with Crippen LogP contribution in [0.15, 0.2) is 55.1 Å². The van der Waals surface area contributed by atoms with Crippen LogP contribution in [0.5, 0.6) is 5.75 Å². The summed E-state index contributed by atoms with van der Waals surface area (Å²) in [5.74, 6) is 0.757. The third-order valence-corrected chi connectivity index (χ3v) is 5.09. The summed E-state index contributed by atoms with van der Waals surface area (Å²) in [5.41, 5.74) is 2.49. The molecule has 2 aromatic carbocycles. The third kappa shape index (κ3) is 7.14. The fourth-order valence-electron chi connectivity index (χ4n) is 3.58. The van der Waals surface area contributed by atoms with E-state index in [1.54, 1.807) is 6.08 Å². The van der Waals surface area contributed by atoms with Crippen molar-refractivity contribution in [2.24, 2.45) is 0 Å². The SMILES string of the molecule is C=Cc1cc(CN(C(=O)OC(C)(C)C)C2CCOCC2)cc(OCc2ccccc2)c1. The maximum absolute atomic E-state index is 13.0. The molecule has 0 aromatic heterocycles. The number of amides is 1. The zero-order valence-electron chi connectivity index (χ0n) is 18.8. The largest absolute Gasteiger partial charge is 0.489 e. The Hall–Kier alpha value is -2.79. The predicted octanol–water partition coefficient (Wildman–Crippen LogP) is 5.82. The van der Waals surface area contributed by atoms with Crippen molar-refractivity contribution >= 4 is 12.2 Å². The molecule has 5 nitrogen and oxygen atoms in total. The standard InChI is InChI=1S/C26H33NO4/c1-5-20-15-22(17-24(16-20)30-19-21-9-7-6-8-10-21)18-27(23-11-13-29-14-12-23)25(28)31-26(2,3)4/h5-10,15-17,23H,1,11-14,18-19H2,2-4H3. The quantitative estimate of drug-likeness (QED) is 0.563. The van der Waals surface area contributed by atoms with Gasteiger partial charge in [-0.1, -0.05) is 43.0 Å². The molecule has 0 atom stereocenters. The minimum atomic E-state index is -0.548. The normalized spacial score (nSPS) is 14.7. The van der Waals surface area contributed by atoms with E-state index < -0.39 is 5.60 Å². The number of rotatable bonds is 7. The summed E-state index contributed by atoms with van der Waals surface area (Å²) in [6.07, 6.45) is 3.11. The molecule has 1 aliphatic heterocycles. The molecule has 0 N–H and O–H groups in total. The van der Waals surface area contributed by atoms with Gasteiger partial charge in [-0.05, 0) is 68.5 Å². The molecular formula is C26H33NO4. The van der Waals surface area contributed by atoms with Crippen LogP contribution >= 0.6 is 0 Å². The zero-order valence-corrected chi connectivity index (χ0v) is 18.8. The highest BCUT2D eigenvalue weighted by Gasteiger charge is 2.30. The first-order chi connectivity index (χ1) is 14.8. The molecular weight excluding hydrogens is 390 g/mol. The summed E-state index contributed by atoms with van der Waals surface area (Å²) in [6, 6.07) is 16.1. The van der Waals surface area contributed by atoms with E-state index in [4.69, 9.17) is 14.2 Å². The summed E-state index contributed by atoms with van der Waals surface area (Å²) < 4.78 is 17.3. The van der Waals surface area contributed by atoms with E-state index in [1.165, 1.54) is 0 Å². The summed E-state index contributed by atoms with van der Waals surface area (Å²) in [7, 11) is 0. The minimum absolute atomic E-state index is 0.0877. The van der Waals surface area contributed by atoms with Gasteiger partial charge < -0.3 is 19.1 Å². The number of benzene rings is 2. The lowest BCUT2D eigenvalue weighted by atomic mass is 10.0. The second-order valence-corrected chi connectivity index (χ2v) is 8.84. The first kappa shape index (κ1) is 22.9. The molecule has 1 heterocycles. The summed E-state index contributed by atoms with van der Waals surface area (Å²) in [4.78, 5) is 14.9. The van der Waals surface area contributed by atoms with Gasteiger partial charge in [0, 0.05) is 25.8 Å². The van der Waals surface area contributed by atoms with Crippen LogP contribution in [0.25, 0.3) is 6.08 Å². The Morgan fingerprint density at radius 3 is 2.48 bits per heavy atom. The highest BCUT2D eigenvalue weighted by Crippen LogP contribution is 2.25. The molecule has 0 spiro atoms. The number of carbonyl (C=O) groups is 1. The number of ether oxygens (including phenoxy) is 3. The molecule has 1 fully saturated rings. The van der Waals surface area contributed by atoms with Crippen LogP contribution in [0.2, 0.25) is 0 Å². The Labute approximate surface area is 185 Å². The van der Waals surface area contributed by atoms with Gasteiger partial charge in [0.2, 0.25) is 0 Å². The van der Waals surface area contributed by atoms with Crippen molar-refractivity contribution in [3.63, 3.8) is 0 Å². The Bertz CT molecular complexity index is 867. The van der Waals surface area contributed by atoms with Gasteiger partial charge in [-0.3, -0.25) is 0 Å². The van der Waals surface area contributed by atoms with E-state index in [2.05, 4.69) is 6.58 Å². The minimum Gasteiger partial charge on any atom is -0.489 e. The van der Waals surface area contributed by atoms with Crippen molar-refractivity contribution in [3.05, 3.63) is 71.8 Å². The molecule has 2 aromatic rings. The second-order valence-electron chi connectivity index (χ2n) is 8.84. The van der Waals surface area contributed by atoms with E-state index >= 15 is 0 Å². The molecule has 0 saturated carbocycles. The summed E-state index contributed by atoms with van der Waals surface area (Å²) >= 11 is 0. The fourth-order valence-corrected chi connectivity index (χ4v) is 3.58. The molecule has 5 heteroatoms. The van der Waals surface area contributed by atoms with E-state index in [1.807, 2.05) is 74.2 Å². The molecule has 1 amide bonds. The van der Waals surface area contributed by atoms with Crippen LogP contribution in [0.3, 0.4) is 0 Å². The summed E-state index contributed by atoms with van der Waals surface area (Å²) in [6.45, 7) is 11.8. The van der Waals surface area contributed by atoms with Crippen LogP contribution in [0, 0.1) is 0 Å². The number of nitrogens with zero attached hydrogens (tertiary/aromatic N) is 1. The first-order valence-corrected chi connectivity index (χ1v) is 10.8. The second kappa shape index (κ2) is 10.5. The van der Waals surface area contributed by atoms with E-state index in [9.17, 15) is 4.79 Å². The van der Waals surface area contributed by atoms with Crippen molar-refractivity contribution in [2.45, 2.75) is 58.4 Å². The lowest BCUT2D eigenvalue weighted by Gasteiger charge is -2.35. The molecule has 0 bridgehead atoms. The van der Waals surface area contributed by atoms with Gasteiger partial charge >= 0.3 is 6.09 Å². The number of hydrogen-bond donors (Lipinski definition) is 0. The Balaban J connectivity index is 1.80. The molecule has 31 heavy (non-hydrogen) atoms. The molecule has 0 unspecified atom stereocenters. The topological polar surface area (TPSA) is 48.0 Å². The first-order valence-electron chi connectivity index (χ1n) is 10.8. The van der Waals surface area contributed by atoms with Crippen LogP contribution < -0.4 is 4.74 Å². The Morgan fingerprint density at radius 1 is 1.13 bits per heavy atom. The maximum Gasteiger partial charge on any atom is 0.410 e. The van der Waals surface area contributed by atoms with Crippen molar-refractivity contribution < 1.29 is 19.0 Å². The van der Waals surface area contributed by atoms with Crippen LogP contribution in [0.4, 0.5) is 4.79 Å². The molecule has 166 valence electrons. The highest BCUT2D eigenvalue weighted by molar-refractivity contribution is 5.69. The van der Waals surface area contributed by atoms with Gasteiger partial charge in [0.05, 0.1) is 0 Å². The highest BCUT2D eigenvalue weighted by atomic mass is 16.6. The predicted molar refractivity (Wildman–Crippen MR) is 123 cm³/mol. The van der Waals surface area contributed by atoms with Gasteiger partial charge in [-0.25, -0.2) is 4.79 Å². The van der Waals surface area contributed by atoms with Crippen LogP contribution in [0.1, 0.15) is 50.3 Å². The van der Waals surface area contributed by atoms with Crippen LogP contribution in [-0.4, -0.2) is 35.8 Å². The average Bonchev–Trinajstić information content (AvgIpc) is 2.76. The van der Waals surface area contributed by atoms with Gasteiger partial charge in [0.15, 0.2) is 0 Å². The Morgan fingerprint density at radius 2 is 1.84 bits per heavy atom. The molecule has 1 aliphatic rings. The van der Waals surface area contributed by atoms with Gasteiger partial charge in [-0.2, -0.15) is 0 Å². The van der Waals surface area contributed by atoms with E-state index in [0.717, 1.165) is 35.3 Å². The molecule has 1 saturated heterocycles. The van der Waals surface area contributed by atoms with E-state index in [0.29, 0.717) is 26.4 Å². The van der Waals surface area contributed by atoms with Crippen molar-refractivity contribution in [3.8, 4) is 5.75 Å². The van der Waals surface area contributed by atoms with Crippen molar-refractivity contribution in [1.82, 2.24) is 4.90 Å². The fraction of sp³-hybridized carbons (Fsp3) is 0.423. The van der Waals surface area contributed by atoms with Crippen LogP contribution in [-0.2, 0) is 22.6 Å². The lowest BCUT2D eigenvalue weighted by molar-refractivity contribution is -0.00810. The van der Waals surface area contributed by atoms with E-state index in [-0.39, 0.29) is 12.1 Å². The van der Waals surface area contributed by atoms with Crippen molar-refractivity contribution in [2.75, 3.05) is 13.2 Å². The number of carbonyl (C=O) groups excluding carboxylic acids is 1. The summed E-state index contributed by atoms with van der Waals surface area (Å²) in [5, 5.41) is 0. The van der Waals surface area contributed by atoms with Gasteiger partial charge in [0.25, 0.3) is 0 Å². The van der Waals surface area contributed by atoms with Crippen molar-refractivity contribution in [1.29, 1.82) is 0 Å². The smallest absolute Gasteiger partial charge is 0.410 e. The van der Waals surface area contributed by atoms with Gasteiger partial charge in [0.1, 0.15) is 18.0 Å². The molecule has 0 aliphatic carbocycles.